The molecule has 32 valence electrons. The molecule has 0 aliphatic heterocycles. The van der Waals surface area contributed by atoms with E-state index in [0.717, 1.165) is 17.4 Å². The normalized spacial score (nSPS) is 4.50. The monoisotopic (exact) mass is 178 g/mol. The standard InChI is InChI=1S/OP.2O.Ti.V/c1-2;;;;/q-1;;;+1;. The molecule has 0 fully saturated rings. The third-order valence-electron chi connectivity index (χ3n) is 0.0373. The molecular formula is O3PTiV. The summed E-state index contributed by atoms with van der Waals surface area (Å²) in [6.45, 7) is -0.182. The average Bonchev–Trinajstić information content (AvgIpc) is 1.72. The molecule has 0 aromatic carbocycles. The van der Waals surface area contributed by atoms with Gasteiger partial charge in [0.05, 0.1) is 0 Å². The fourth-order valence-electron chi connectivity index (χ4n) is 0. The molecule has 0 atom stereocenters. The average molecular weight is 178 g/mol. The summed E-state index contributed by atoms with van der Waals surface area (Å²) in [4.78, 5) is 0. The molecule has 0 saturated carbocycles. The van der Waals surface area contributed by atoms with E-state index in [0.29, 0.717) is 0 Å². The summed E-state index contributed by atoms with van der Waals surface area (Å²) in [7, 11) is 0. The van der Waals surface area contributed by atoms with Gasteiger partial charge in [-0.15, -0.1) is 0 Å². The zero-order valence-electron chi connectivity index (χ0n) is 2.62. The van der Waals surface area contributed by atoms with Crippen molar-refractivity contribution < 1.29 is 47.5 Å². The molecule has 0 aromatic rings. The van der Waals surface area contributed by atoms with Gasteiger partial charge in [0.2, 0.25) is 0 Å². The maximum atomic E-state index is 9.10. The second-order valence-electron chi connectivity index (χ2n) is 0.183. The fraction of sp³-hybridized carbons (Fsp3) is 0. The van der Waals surface area contributed by atoms with Crippen molar-refractivity contribution >= 4 is 6.45 Å². The van der Waals surface area contributed by atoms with Gasteiger partial charge in [0.25, 0.3) is 0 Å². The predicted octanol–water partition coefficient (Wildman–Crippen LogP) is 0.500. The first kappa shape index (κ1) is 10.1. The Morgan fingerprint density at radius 3 is 1.67 bits per heavy atom. The van der Waals surface area contributed by atoms with Gasteiger partial charge < -0.3 is 0 Å². The Balaban J connectivity index is 0. The van der Waals surface area contributed by atoms with Crippen LogP contribution in [0.5, 0.6) is 0 Å². The van der Waals surface area contributed by atoms with Crippen LogP contribution in [-0.2, 0) is 47.5 Å². The van der Waals surface area contributed by atoms with Crippen molar-refractivity contribution in [1.82, 2.24) is 0 Å². The first-order valence-corrected chi connectivity index (χ1v) is 4.91. The molecular weight excluding hydrogens is 178 g/mol. The number of rotatable bonds is 1. The molecule has 0 aromatic heterocycles. The Hall–Kier alpha value is 0.999. The van der Waals surface area contributed by atoms with E-state index >= 15 is 0 Å². The third kappa shape index (κ3) is 20.0. The van der Waals surface area contributed by atoms with Gasteiger partial charge in [0, 0.05) is 0 Å². The molecule has 0 unspecified atom stereocenters. The van der Waals surface area contributed by atoms with Crippen molar-refractivity contribution in [2.24, 2.45) is 0 Å². The topological polar surface area (TPSA) is 51.2 Å². The summed E-state index contributed by atoms with van der Waals surface area (Å²) in [6, 6.07) is 0. The van der Waals surface area contributed by atoms with E-state index in [9.17, 15) is 0 Å². The van der Waals surface area contributed by atoms with Gasteiger partial charge in [-0.1, -0.05) is 0 Å². The van der Waals surface area contributed by atoms with Crippen LogP contribution in [0.25, 0.3) is 0 Å². The summed E-state index contributed by atoms with van der Waals surface area (Å²) in [5.74, 6) is 0. The van der Waals surface area contributed by atoms with Gasteiger partial charge in [0.1, 0.15) is 0 Å². The molecule has 0 amide bonds. The Kier molecular flexibility index (Phi) is 28.0. The van der Waals surface area contributed by atoms with E-state index in [4.69, 9.17) is 11.6 Å². The summed E-state index contributed by atoms with van der Waals surface area (Å²) >= 11 is -0.257. The first-order valence-electron chi connectivity index (χ1n) is 0.793. The number of hydrogen-bond donors (Lipinski definition) is 0. The summed E-state index contributed by atoms with van der Waals surface area (Å²) in [6.07, 6.45) is 0. The second-order valence-corrected chi connectivity index (χ2v) is 2.26. The van der Waals surface area contributed by atoms with Crippen LogP contribution in [0.3, 0.4) is 0 Å². The third-order valence-corrected chi connectivity index (χ3v) is 0.461. The minimum absolute atomic E-state index is 0.182. The van der Waals surface area contributed by atoms with Gasteiger partial charge in [-0.25, -0.2) is 0 Å². The molecule has 0 spiro atoms. The van der Waals surface area contributed by atoms with Crippen LogP contribution < -0.4 is 0 Å². The van der Waals surface area contributed by atoms with Gasteiger partial charge in [-0.05, 0) is 0 Å². The molecule has 0 rings (SSSR count). The van der Waals surface area contributed by atoms with Crippen LogP contribution in [0, 0.1) is 0 Å². The summed E-state index contributed by atoms with van der Waals surface area (Å²) in [5, 5.41) is 0. The number of hydrogen-bond acceptors (Lipinski definition) is 3. The van der Waals surface area contributed by atoms with Gasteiger partial charge in [0.15, 0.2) is 0 Å². The van der Waals surface area contributed by atoms with Crippen molar-refractivity contribution in [1.29, 1.82) is 0 Å². The van der Waals surface area contributed by atoms with Gasteiger partial charge >= 0.3 is 54.0 Å². The molecule has 0 aliphatic carbocycles. The molecule has 0 radical (unpaired) electrons. The maximum absolute atomic E-state index is 9.10. The van der Waals surface area contributed by atoms with Crippen LogP contribution in [0.2, 0.25) is 0 Å². The molecule has 0 saturated heterocycles. The zero-order chi connectivity index (χ0) is 5.41. The second kappa shape index (κ2) is 16.7. The quantitative estimate of drug-likeness (QED) is 0.433. The molecule has 6 heavy (non-hydrogen) atoms. The Morgan fingerprint density at radius 1 is 1.50 bits per heavy atom. The molecule has 0 aliphatic rings. The Morgan fingerprint density at radius 2 is 1.67 bits per heavy atom. The van der Waals surface area contributed by atoms with Gasteiger partial charge in [-0.3, -0.25) is 0 Å². The van der Waals surface area contributed by atoms with Crippen molar-refractivity contribution in [3.8, 4) is 0 Å². The zero-order valence-corrected chi connectivity index (χ0v) is 6.47. The molecule has 0 heterocycles. The predicted molar refractivity (Wildman–Crippen MR) is 8.98 cm³/mol. The van der Waals surface area contributed by atoms with E-state index in [1.807, 2.05) is 0 Å². The van der Waals surface area contributed by atoms with E-state index in [-0.39, 0.29) is 6.45 Å². The molecule has 0 N–H and O–H groups in total. The minimum atomic E-state index is -1.32. The molecule has 6 heteroatoms. The Bertz CT molecular complexity index is 40.1. The van der Waals surface area contributed by atoms with Crippen molar-refractivity contribution in [2.75, 3.05) is 0 Å². The van der Waals surface area contributed by atoms with Crippen LogP contribution in [0.4, 0.5) is 0 Å². The van der Waals surface area contributed by atoms with E-state index < -0.39 is 18.6 Å². The summed E-state index contributed by atoms with van der Waals surface area (Å²) in [5.41, 5.74) is 0. The van der Waals surface area contributed by atoms with Crippen LogP contribution in [0.15, 0.2) is 0 Å². The van der Waals surface area contributed by atoms with Crippen LogP contribution in [0.1, 0.15) is 0 Å². The molecule has 3 nitrogen and oxygen atoms in total. The van der Waals surface area contributed by atoms with E-state index in [2.05, 4.69) is 0 Å². The van der Waals surface area contributed by atoms with E-state index in [1.165, 1.54) is 0 Å². The molecule has 0 bridgehead atoms. The van der Waals surface area contributed by atoms with Crippen LogP contribution >= 0.6 is 6.45 Å². The van der Waals surface area contributed by atoms with Crippen molar-refractivity contribution in [3.05, 3.63) is 0 Å². The van der Waals surface area contributed by atoms with E-state index in [1.54, 1.807) is 0 Å². The fourth-order valence-corrected chi connectivity index (χ4v) is 0. The Labute approximate surface area is 54.0 Å². The van der Waals surface area contributed by atoms with Crippen molar-refractivity contribution in [3.63, 3.8) is 0 Å². The van der Waals surface area contributed by atoms with Crippen molar-refractivity contribution in [2.45, 2.75) is 0 Å². The SMILES string of the molecule is O=[P][Ti]=[O].[O]=[V]. The summed E-state index contributed by atoms with van der Waals surface area (Å²) < 4.78 is 26.3. The van der Waals surface area contributed by atoms with Gasteiger partial charge in [-0.2, -0.15) is 0 Å². The first-order chi connectivity index (χ1) is 2.91. The van der Waals surface area contributed by atoms with Crippen LogP contribution in [-0.4, -0.2) is 0 Å².